The summed E-state index contributed by atoms with van der Waals surface area (Å²) in [6.07, 6.45) is 8.50. The number of hydrogen-bond donors (Lipinski definition) is 0. The minimum absolute atomic E-state index is 0.143. The summed E-state index contributed by atoms with van der Waals surface area (Å²) in [6, 6.07) is 13.6. The third kappa shape index (κ3) is 4.71. The van der Waals surface area contributed by atoms with E-state index in [9.17, 15) is 0 Å². The molecule has 5 rings (SSSR count). The molecule has 2 fully saturated rings. The Bertz CT molecular complexity index is 1080. The first-order valence-corrected chi connectivity index (χ1v) is 13.6. The molecule has 4 heterocycles. The molecule has 0 radical (unpaired) electrons. The number of aromatic nitrogens is 2. The van der Waals surface area contributed by atoms with Crippen LogP contribution in [0.4, 0.5) is 4.39 Å². The molecule has 0 amide bonds. The van der Waals surface area contributed by atoms with Gasteiger partial charge >= 0.3 is 0 Å². The third-order valence-corrected chi connectivity index (χ3v) is 8.44. The smallest absolute Gasteiger partial charge is 0.202 e. The lowest BCUT2D eigenvalue weighted by Crippen LogP contribution is -2.48. The van der Waals surface area contributed by atoms with Crippen molar-refractivity contribution in [1.82, 2.24) is 19.2 Å². The number of likely N-dealkylation sites (tertiary alicyclic amines) is 2. The van der Waals surface area contributed by atoms with Gasteiger partial charge in [0.05, 0.1) is 5.69 Å². The monoisotopic (exact) mass is 466 g/mol. The summed E-state index contributed by atoms with van der Waals surface area (Å²) < 4.78 is 17.2. The Morgan fingerprint density at radius 1 is 0.939 bits per heavy atom. The van der Waals surface area contributed by atoms with Gasteiger partial charge in [0.25, 0.3) is 0 Å². The van der Waals surface area contributed by atoms with Gasteiger partial charge in [-0.25, -0.2) is 4.98 Å². The number of nitrogens with zero attached hydrogens (tertiary/aromatic N) is 4. The molecule has 1 aromatic carbocycles. The molecular formula is C27H35FN4S. The van der Waals surface area contributed by atoms with Crippen LogP contribution in [-0.2, 0) is 0 Å². The first-order chi connectivity index (χ1) is 16.0. The number of halogens is 1. The van der Waals surface area contributed by atoms with E-state index in [4.69, 9.17) is 0 Å². The van der Waals surface area contributed by atoms with Gasteiger partial charge in [-0.2, -0.15) is 4.39 Å². The molecule has 176 valence electrons. The molecule has 0 bridgehead atoms. The van der Waals surface area contributed by atoms with Crippen molar-refractivity contribution in [2.75, 3.05) is 32.4 Å². The van der Waals surface area contributed by atoms with Crippen LogP contribution in [0.3, 0.4) is 0 Å². The molecule has 2 aliphatic rings. The van der Waals surface area contributed by atoms with Crippen molar-refractivity contribution >= 4 is 17.4 Å². The van der Waals surface area contributed by atoms with Gasteiger partial charge in [-0.1, -0.05) is 18.2 Å². The number of imidazole rings is 1. The van der Waals surface area contributed by atoms with Crippen LogP contribution in [0, 0.1) is 5.95 Å². The fraction of sp³-hybridized carbons (Fsp3) is 0.519. The zero-order chi connectivity index (χ0) is 22.9. The first-order valence-electron chi connectivity index (χ1n) is 12.3. The first kappa shape index (κ1) is 22.9. The van der Waals surface area contributed by atoms with Gasteiger partial charge < -0.3 is 9.80 Å². The lowest BCUT2D eigenvalue weighted by molar-refractivity contribution is 0.0750. The van der Waals surface area contributed by atoms with E-state index < -0.39 is 0 Å². The number of benzene rings is 1. The molecule has 33 heavy (non-hydrogen) atoms. The van der Waals surface area contributed by atoms with E-state index in [2.05, 4.69) is 59.2 Å². The number of rotatable bonds is 5. The maximum Gasteiger partial charge on any atom is 0.202 e. The highest BCUT2D eigenvalue weighted by atomic mass is 32.2. The Labute approximate surface area is 201 Å². The van der Waals surface area contributed by atoms with Crippen LogP contribution >= 0.6 is 11.8 Å². The number of thioether (sulfide) groups is 1. The highest BCUT2D eigenvalue weighted by Crippen LogP contribution is 2.33. The van der Waals surface area contributed by atoms with Crippen molar-refractivity contribution in [2.45, 2.75) is 62.4 Å². The average molecular weight is 467 g/mol. The fourth-order valence-electron chi connectivity index (χ4n) is 5.59. The number of fused-ring (bicyclic) bond motifs is 1. The van der Waals surface area contributed by atoms with Crippen LogP contribution in [0.25, 0.3) is 16.9 Å². The topological polar surface area (TPSA) is 23.8 Å². The Balaban J connectivity index is 1.27. The Morgan fingerprint density at radius 2 is 1.64 bits per heavy atom. The predicted octanol–water partition coefficient (Wildman–Crippen LogP) is 5.91. The Kier molecular flexibility index (Phi) is 6.77. The number of pyridine rings is 1. The van der Waals surface area contributed by atoms with Crippen molar-refractivity contribution in [1.29, 1.82) is 0 Å². The van der Waals surface area contributed by atoms with Crippen LogP contribution in [-0.4, -0.2) is 63.7 Å². The minimum atomic E-state index is -0.143. The maximum absolute atomic E-state index is 15.6. The molecule has 0 N–H and O–H groups in total. The highest BCUT2D eigenvalue weighted by Gasteiger charge is 2.30. The normalized spacial score (nSPS) is 19.7. The second-order valence-corrected chi connectivity index (χ2v) is 10.7. The SMILES string of the molecule is CSc1ccc(-c2cn3c(F)c(C4CCN(C5CCN(C(C)C)CC5)CC4)ccc3n2)cc1. The van der Waals surface area contributed by atoms with Crippen LogP contribution in [0.5, 0.6) is 0 Å². The zero-order valence-electron chi connectivity index (χ0n) is 20.0. The lowest BCUT2D eigenvalue weighted by atomic mass is 9.88. The molecule has 0 saturated carbocycles. The van der Waals surface area contributed by atoms with Crippen LogP contribution in [0.1, 0.15) is 51.0 Å². The van der Waals surface area contributed by atoms with Crippen LogP contribution in [0.2, 0.25) is 0 Å². The van der Waals surface area contributed by atoms with E-state index in [0.717, 1.165) is 42.8 Å². The molecule has 2 saturated heterocycles. The van der Waals surface area contributed by atoms with Crippen molar-refractivity contribution in [3.63, 3.8) is 0 Å². The largest absolute Gasteiger partial charge is 0.301 e. The van der Waals surface area contributed by atoms with Crippen LogP contribution < -0.4 is 0 Å². The second kappa shape index (κ2) is 9.77. The Hall–Kier alpha value is -1.89. The van der Waals surface area contributed by atoms with Crippen molar-refractivity contribution in [3.05, 3.63) is 54.1 Å². The average Bonchev–Trinajstić information content (AvgIpc) is 3.30. The third-order valence-electron chi connectivity index (χ3n) is 7.70. The molecule has 0 unspecified atom stereocenters. The molecule has 6 heteroatoms. The maximum atomic E-state index is 15.6. The molecule has 0 atom stereocenters. The molecule has 0 aliphatic carbocycles. The van der Waals surface area contributed by atoms with Gasteiger partial charge in [-0.05, 0) is 96.1 Å². The molecule has 2 aliphatic heterocycles. The molecule has 0 spiro atoms. The minimum Gasteiger partial charge on any atom is -0.301 e. The Morgan fingerprint density at radius 3 is 2.27 bits per heavy atom. The van der Waals surface area contributed by atoms with Gasteiger partial charge in [0.2, 0.25) is 5.95 Å². The van der Waals surface area contributed by atoms with E-state index in [1.165, 1.54) is 30.8 Å². The van der Waals surface area contributed by atoms with Crippen molar-refractivity contribution in [3.8, 4) is 11.3 Å². The molecule has 4 nitrogen and oxygen atoms in total. The van der Waals surface area contributed by atoms with Gasteiger partial charge in [0.15, 0.2) is 0 Å². The predicted molar refractivity (Wildman–Crippen MR) is 136 cm³/mol. The van der Waals surface area contributed by atoms with Gasteiger partial charge in [0.1, 0.15) is 5.65 Å². The summed E-state index contributed by atoms with van der Waals surface area (Å²) in [6.45, 7) is 9.15. The second-order valence-electron chi connectivity index (χ2n) is 9.83. The van der Waals surface area contributed by atoms with Gasteiger partial charge in [0, 0.05) is 34.3 Å². The van der Waals surface area contributed by atoms with E-state index >= 15 is 4.39 Å². The molecular weight excluding hydrogens is 431 g/mol. The summed E-state index contributed by atoms with van der Waals surface area (Å²) in [5.41, 5.74) is 3.36. The lowest BCUT2D eigenvalue weighted by Gasteiger charge is -2.42. The fourth-order valence-corrected chi connectivity index (χ4v) is 6.00. The zero-order valence-corrected chi connectivity index (χ0v) is 20.8. The van der Waals surface area contributed by atoms with Crippen molar-refractivity contribution < 1.29 is 4.39 Å². The van der Waals surface area contributed by atoms with Crippen LogP contribution in [0.15, 0.2) is 47.5 Å². The van der Waals surface area contributed by atoms with E-state index in [0.29, 0.717) is 17.7 Å². The number of piperidine rings is 2. The van der Waals surface area contributed by atoms with Gasteiger partial charge in [-0.15, -0.1) is 11.8 Å². The summed E-state index contributed by atoms with van der Waals surface area (Å²) in [7, 11) is 0. The van der Waals surface area contributed by atoms with Gasteiger partial charge in [-0.3, -0.25) is 4.40 Å². The van der Waals surface area contributed by atoms with Crippen molar-refractivity contribution in [2.24, 2.45) is 0 Å². The summed E-state index contributed by atoms with van der Waals surface area (Å²) in [5, 5.41) is 0. The molecule has 2 aromatic heterocycles. The van der Waals surface area contributed by atoms with E-state index in [1.54, 1.807) is 16.2 Å². The summed E-state index contributed by atoms with van der Waals surface area (Å²) >= 11 is 1.72. The summed E-state index contributed by atoms with van der Waals surface area (Å²) in [5.74, 6) is 0.142. The standard InChI is InChI=1S/C27H35FN4S/c1-19(2)30-16-12-22(13-17-30)31-14-10-20(11-15-31)24-8-9-26-29-25(18-32(26)27(24)28)21-4-6-23(33-3)7-5-21/h4-9,18-20,22H,10-17H2,1-3H3. The van der Waals surface area contributed by atoms with E-state index in [1.807, 2.05) is 18.3 Å². The summed E-state index contributed by atoms with van der Waals surface area (Å²) in [4.78, 5) is 11.1. The van der Waals surface area contributed by atoms with E-state index in [-0.39, 0.29) is 11.9 Å². The number of hydrogen-bond acceptors (Lipinski definition) is 4. The quantitative estimate of drug-likeness (QED) is 0.344. The highest BCUT2D eigenvalue weighted by molar-refractivity contribution is 7.98. The molecule has 3 aromatic rings.